The maximum atomic E-state index is 4.96. The fourth-order valence-corrected chi connectivity index (χ4v) is 4.53. The lowest BCUT2D eigenvalue weighted by Gasteiger charge is -2.17. The van der Waals surface area contributed by atoms with Crippen LogP contribution in [0.2, 0.25) is 0 Å². The molecule has 0 saturated heterocycles. The Morgan fingerprint density at radius 1 is 1.29 bits per heavy atom. The molecule has 0 bridgehead atoms. The summed E-state index contributed by atoms with van der Waals surface area (Å²) in [5.74, 6) is 0. The maximum absolute atomic E-state index is 4.96. The molecule has 1 atom stereocenters. The van der Waals surface area contributed by atoms with Crippen molar-refractivity contribution < 1.29 is 0 Å². The van der Waals surface area contributed by atoms with Gasteiger partial charge in [0.15, 0.2) is 0 Å². The van der Waals surface area contributed by atoms with Crippen LogP contribution in [0.5, 0.6) is 0 Å². The van der Waals surface area contributed by atoms with Gasteiger partial charge in [-0.05, 0) is 46.0 Å². The number of hydrogen-bond acceptors (Lipinski definition) is 4. The molecule has 5 heteroatoms. The van der Waals surface area contributed by atoms with Crippen LogP contribution in [-0.4, -0.2) is 20.8 Å². The van der Waals surface area contributed by atoms with E-state index in [4.69, 9.17) is 4.98 Å². The summed E-state index contributed by atoms with van der Waals surface area (Å²) in [5, 5.41) is 9.64. The first kappa shape index (κ1) is 13.5. The third-order valence-corrected chi connectivity index (χ3v) is 5.91. The van der Waals surface area contributed by atoms with Gasteiger partial charge in [-0.1, -0.05) is 0 Å². The van der Waals surface area contributed by atoms with Crippen LogP contribution in [-0.2, 0) is 19.9 Å². The van der Waals surface area contributed by atoms with Crippen molar-refractivity contribution >= 4 is 11.3 Å². The second-order valence-corrected chi connectivity index (χ2v) is 7.47. The van der Waals surface area contributed by atoms with Gasteiger partial charge in [-0.3, -0.25) is 4.68 Å². The first-order valence-electron chi connectivity index (χ1n) is 7.88. The molecule has 1 N–H and O–H groups in total. The Balaban J connectivity index is 1.76. The highest BCUT2D eigenvalue weighted by Crippen LogP contribution is 2.37. The van der Waals surface area contributed by atoms with E-state index in [2.05, 4.69) is 24.3 Å². The zero-order valence-electron chi connectivity index (χ0n) is 12.9. The average molecular weight is 302 g/mol. The standard InChI is InChI=1S/C16H22N4S/c1-9-14(10(2)20(3)19-9)15(17-11-7-8-11)16-18-12-5-4-6-13(12)21-16/h11,15,17H,4-8H2,1-3H3. The predicted molar refractivity (Wildman–Crippen MR) is 84.8 cm³/mol. The van der Waals surface area contributed by atoms with Crippen molar-refractivity contribution in [2.24, 2.45) is 7.05 Å². The highest BCUT2D eigenvalue weighted by Gasteiger charge is 2.32. The van der Waals surface area contributed by atoms with Gasteiger partial charge in [0, 0.05) is 29.2 Å². The van der Waals surface area contributed by atoms with Gasteiger partial charge < -0.3 is 5.32 Å². The molecule has 1 fully saturated rings. The van der Waals surface area contributed by atoms with E-state index in [0.717, 1.165) is 12.1 Å². The normalized spacial score (nSPS) is 19.0. The highest BCUT2D eigenvalue weighted by atomic mass is 32.1. The number of thiazole rings is 1. The van der Waals surface area contributed by atoms with E-state index < -0.39 is 0 Å². The van der Waals surface area contributed by atoms with Crippen LogP contribution in [0, 0.1) is 13.8 Å². The molecule has 2 aliphatic rings. The molecule has 0 aliphatic heterocycles. The van der Waals surface area contributed by atoms with Crippen molar-refractivity contribution in [2.75, 3.05) is 0 Å². The average Bonchev–Trinajstić information content (AvgIpc) is 2.90. The van der Waals surface area contributed by atoms with Crippen LogP contribution in [0.4, 0.5) is 0 Å². The summed E-state index contributed by atoms with van der Waals surface area (Å²) in [6.07, 6.45) is 6.24. The summed E-state index contributed by atoms with van der Waals surface area (Å²) in [6.45, 7) is 4.28. The summed E-state index contributed by atoms with van der Waals surface area (Å²) in [4.78, 5) is 6.47. The molecule has 2 heterocycles. The largest absolute Gasteiger partial charge is 0.301 e. The molecule has 1 saturated carbocycles. The van der Waals surface area contributed by atoms with Crippen molar-refractivity contribution in [1.29, 1.82) is 0 Å². The summed E-state index contributed by atoms with van der Waals surface area (Å²) in [7, 11) is 2.03. The lowest BCUT2D eigenvalue weighted by atomic mass is 10.1. The number of nitrogens with zero attached hydrogens (tertiary/aromatic N) is 3. The molecule has 4 nitrogen and oxygen atoms in total. The van der Waals surface area contributed by atoms with Crippen LogP contribution in [0.3, 0.4) is 0 Å². The molecular formula is C16H22N4S. The molecule has 0 spiro atoms. The van der Waals surface area contributed by atoms with Crippen LogP contribution < -0.4 is 5.32 Å². The Kier molecular flexibility index (Phi) is 3.15. The van der Waals surface area contributed by atoms with Gasteiger partial charge in [-0.15, -0.1) is 11.3 Å². The molecule has 4 rings (SSSR count). The topological polar surface area (TPSA) is 42.7 Å². The van der Waals surface area contributed by atoms with Crippen LogP contribution >= 0.6 is 11.3 Å². The minimum absolute atomic E-state index is 0.224. The quantitative estimate of drug-likeness (QED) is 0.944. The third kappa shape index (κ3) is 2.32. The van der Waals surface area contributed by atoms with E-state index in [-0.39, 0.29) is 6.04 Å². The van der Waals surface area contributed by atoms with Gasteiger partial charge in [0.25, 0.3) is 0 Å². The van der Waals surface area contributed by atoms with E-state index >= 15 is 0 Å². The molecule has 0 radical (unpaired) electrons. The number of hydrogen-bond donors (Lipinski definition) is 1. The Morgan fingerprint density at radius 2 is 2.10 bits per heavy atom. The number of aromatic nitrogens is 3. The summed E-state index contributed by atoms with van der Waals surface area (Å²) in [5.41, 5.74) is 5.05. The molecule has 2 aromatic rings. The molecule has 21 heavy (non-hydrogen) atoms. The van der Waals surface area contributed by atoms with Gasteiger partial charge in [-0.25, -0.2) is 4.98 Å². The molecular weight excluding hydrogens is 280 g/mol. The van der Waals surface area contributed by atoms with Crippen molar-refractivity contribution in [3.05, 3.63) is 32.5 Å². The van der Waals surface area contributed by atoms with Gasteiger partial charge >= 0.3 is 0 Å². The first-order chi connectivity index (χ1) is 10.1. The SMILES string of the molecule is Cc1nn(C)c(C)c1C(NC1CC1)c1nc2c(s1)CCC2. The maximum Gasteiger partial charge on any atom is 0.115 e. The molecule has 0 aromatic carbocycles. The Morgan fingerprint density at radius 3 is 2.71 bits per heavy atom. The van der Waals surface area contributed by atoms with Crippen molar-refractivity contribution in [2.45, 2.75) is 58.0 Å². The van der Waals surface area contributed by atoms with Gasteiger partial charge in [0.05, 0.1) is 17.4 Å². The van der Waals surface area contributed by atoms with Gasteiger partial charge in [-0.2, -0.15) is 5.10 Å². The lowest BCUT2D eigenvalue weighted by molar-refractivity contribution is 0.590. The van der Waals surface area contributed by atoms with Crippen LogP contribution in [0.15, 0.2) is 0 Å². The minimum atomic E-state index is 0.224. The van der Waals surface area contributed by atoms with Crippen LogP contribution in [0.1, 0.15) is 57.8 Å². The van der Waals surface area contributed by atoms with E-state index in [1.54, 1.807) is 0 Å². The second kappa shape index (κ2) is 4.92. The van der Waals surface area contributed by atoms with E-state index in [9.17, 15) is 0 Å². The minimum Gasteiger partial charge on any atom is -0.301 e. The molecule has 1 unspecified atom stereocenters. The number of rotatable bonds is 4. The Hall–Kier alpha value is -1.20. The first-order valence-corrected chi connectivity index (χ1v) is 8.69. The molecule has 112 valence electrons. The molecule has 0 amide bonds. The van der Waals surface area contributed by atoms with Crippen molar-refractivity contribution in [1.82, 2.24) is 20.1 Å². The Labute approximate surface area is 129 Å². The summed E-state index contributed by atoms with van der Waals surface area (Å²) >= 11 is 1.91. The Bertz CT molecular complexity index is 659. The lowest BCUT2D eigenvalue weighted by Crippen LogP contribution is -2.25. The monoisotopic (exact) mass is 302 g/mol. The number of fused-ring (bicyclic) bond motifs is 1. The van der Waals surface area contributed by atoms with E-state index in [1.165, 1.54) is 52.5 Å². The van der Waals surface area contributed by atoms with Crippen molar-refractivity contribution in [3.8, 4) is 0 Å². The fourth-order valence-electron chi connectivity index (χ4n) is 3.31. The summed E-state index contributed by atoms with van der Waals surface area (Å²) in [6, 6.07) is 0.884. The highest BCUT2D eigenvalue weighted by molar-refractivity contribution is 7.11. The fraction of sp³-hybridized carbons (Fsp3) is 0.625. The smallest absolute Gasteiger partial charge is 0.115 e. The van der Waals surface area contributed by atoms with E-state index in [1.807, 2.05) is 23.1 Å². The van der Waals surface area contributed by atoms with Gasteiger partial charge in [0.2, 0.25) is 0 Å². The third-order valence-electron chi connectivity index (χ3n) is 4.69. The van der Waals surface area contributed by atoms with E-state index in [0.29, 0.717) is 6.04 Å². The summed E-state index contributed by atoms with van der Waals surface area (Å²) < 4.78 is 1.99. The van der Waals surface area contributed by atoms with Gasteiger partial charge in [0.1, 0.15) is 5.01 Å². The zero-order valence-corrected chi connectivity index (χ0v) is 13.8. The molecule has 2 aliphatic carbocycles. The number of aryl methyl sites for hydroxylation is 4. The second-order valence-electron chi connectivity index (χ2n) is 6.36. The zero-order chi connectivity index (χ0) is 14.6. The number of nitrogens with one attached hydrogen (secondary N) is 1. The predicted octanol–water partition coefficient (Wildman–Crippen LogP) is 2.82. The van der Waals surface area contributed by atoms with Crippen molar-refractivity contribution in [3.63, 3.8) is 0 Å². The molecule has 2 aromatic heterocycles. The van der Waals surface area contributed by atoms with Crippen LogP contribution in [0.25, 0.3) is 0 Å².